The molecule has 0 spiro atoms. The number of pyridine rings is 1. The minimum Gasteiger partial charge on any atom is -0.506 e. The molecule has 0 unspecified atom stereocenters. The molecule has 4 N–H and O–H groups in total. The zero-order valence-electron chi connectivity index (χ0n) is 19.0. The summed E-state index contributed by atoms with van der Waals surface area (Å²) in [5.41, 5.74) is 6.15. The summed E-state index contributed by atoms with van der Waals surface area (Å²) in [6.07, 6.45) is 2.03. The number of hydrogen-bond acceptors (Lipinski definition) is 7. The van der Waals surface area contributed by atoms with Crippen LogP contribution in [0.25, 0.3) is 10.9 Å². The van der Waals surface area contributed by atoms with Gasteiger partial charge < -0.3 is 20.7 Å². The number of nitrogens with two attached hydrogens (primary N) is 1. The van der Waals surface area contributed by atoms with Gasteiger partial charge in [-0.2, -0.15) is 8.42 Å². The number of para-hydroxylation sites is 1. The maximum absolute atomic E-state index is 13.5. The Balaban J connectivity index is 1.79. The molecule has 2 aliphatic rings. The number of nitrogens with one attached hydrogen (secondary N) is 1. The lowest BCUT2D eigenvalue weighted by Crippen LogP contribution is -2.44. The van der Waals surface area contributed by atoms with E-state index in [2.05, 4.69) is 23.6 Å². The van der Waals surface area contributed by atoms with Crippen LogP contribution in [0.4, 0.5) is 0 Å². The van der Waals surface area contributed by atoms with Gasteiger partial charge in [0.1, 0.15) is 16.2 Å². The zero-order valence-corrected chi connectivity index (χ0v) is 19.9. The molecule has 4 rings (SSSR count). The summed E-state index contributed by atoms with van der Waals surface area (Å²) < 4.78 is 31.7. The second-order valence-corrected chi connectivity index (χ2v) is 10.6. The van der Waals surface area contributed by atoms with E-state index in [1.807, 2.05) is 11.0 Å². The fourth-order valence-electron chi connectivity index (χ4n) is 4.32. The van der Waals surface area contributed by atoms with Crippen molar-refractivity contribution >= 4 is 26.8 Å². The molecule has 9 nitrogen and oxygen atoms in total. The van der Waals surface area contributed by atoms with Crippen LogP contribution in [0.1, 0.15) is 38.7 Å². The highest BCUT2D eigenvalue weighted by Gasteiger charge is 2.34. The molecule has 0 atom stereocenters. The summed E-state index contributed by atoms with van der Waals surface area (Å²) in [6.45, 7) is 6.78. The van der Waals surface area contributed by atoms with Crippen LogP contribution in [-0.2, 0) is 16.6 Å². The first-order valence-electron chi connectivity index (χ1n) is 11.3. The van der Waals surface area contributed by atoms with Crippen LogP contribution < -0.4 is 16.6 Å². The number of aromatic nitrogens is 1. The Hall–Kier alpha value is -2.69. The van der Waals surface area contributed by atoms with Crippen molar-refractivity contribution in [1.29, 1.82) is 0 Å². The fraction of sp³-hybridized carbons (Fsp3) is 0.478. The van der Waals surface area contributed by atoms with Gasteiger partial charge in [0, 0.05) is 37.1 Å². The predicted octanol–water partition coefficient (Wildman–Crippen LogP) is 1.70. The summed E-state index contributed by atoms with van der Waals surface area (Å²) in [5.74, 6) is -0.00593. The maximum atomic E-state index is 13.5. The molecular formula is C23H31N5O4S. The van der Waals surface area contributed by atoms with E-state index in [1.165, 1.54) is 0 Å². The molecule has 1 aromatic carbocycles. The molecule has 0 fully saturated rings. The second kappa shape index (κ2) is 9.28. The number of nitrogens with zero attached hydrogens (tertiary/aromatic N) is 3. The Morgan fingerprint density at radius 3 is 2.73 bits per heavy atom. The topological polar surface area (TPSA) is 130 Å². The quantitative estimate of drug-likeness (QED) is 0.558. The number of amidine groups is 1. The zero-order chi connectivity index (χ0) is 23.8. The monoisotopic (exact) mass is 473 g/mol. The Kier molecular flexibility index (Phi) is 6.60. The highest BCUT2D eigenvalue weighted by molar-refractivity contribution is 7.94. The fourth-order valence-corrected chi connectivity index (χ4v) is 5.62. The highest BCUT2D eigenvalue weighted by Crippen LogP contribution is 2.31. The summed E-state index contributed by atoms with van der Waals surface area (Å²) in [5, 5.41) is 14.6. The third kappa shape index (κ3) is 4.55. The number of aromatic hydroxyl groups is 1. The second-order valence-electron chi connectivity index (χ2n) is 8.99. The van der Waals surface area contributed by atoms with E-state index < -0.39 is 15.6 Å². The van der Waals surface area contributed by atoms with Crippen LogP contribution in [0.3, 0.4) is 0 Å². The average Bonchev–Trinajstić information content (AvgIpc) is 2.77. The molecule has 0 bridgehead atoms. The number of sulfonamides is 1. The lowest BCUT2D eigenvalue weighted by Gasteiger charge is -2.32. The first-order chi connectivity index (χ1) is 15.7. The Labute approximate surface area is 193 Å². The van der Waals surface area contributed by atoms with Gasteiger partial charge in [-0.25, -0.2) is 0 Å². The molecule has 0 radical (unpaired) electrons. The molecule has 0 amide bonds. The van der Waals surface area contributed by atoms with Gasteiger partial charge in [0.25, 0.3) is 15.6 Å². The predicted molar refractivity (Wildman–Crippen MR) is 130 cm³/mol. The molecule has 0 aliphatic carbocycles. The summed E-state index contributed by atoms with van der Waals surface area (Å²) in [7, 11) is -3.99. The minimum absolute atomic E-state index is 0.113. The van der Waals surface area contributed by atoms with Crippen molar-refractivity contribution in [3.8, 4) is 5.75 Å². The number of fused-ring (bicyclic) bond motifs is 1. The van der Waals surface area contributed by atoms with Gasteiger partial charge in [-0.05, 0) is 44.0 Å². The molecule has 178 valence electrons. The van der Waals surface area contributed by atoms with Gasteiger partial charge in [-0.15, -0.1) is 4.40 Å². The van der Waals surface area contributed by atoms with Crippen molar-refractivity contribution in [3.05, 3.63) is 50.8 Å². The van der Waals surface area contributed by atoms with E-state index in [0.717, 1.165) is 12.8 Å². The first kappa shape index (κ1) is 23.5. The van der Waals surface area contributed by atoms with Crippen LogP contribution >= 0.6 is 0 Å². The smallest absolute Gasteiger partial charge is 0.283 e. The Morgan fingerprint density at radius 1 is 1.24 bits per heavy atom. The maximum Gasteiger partial charge on any atom is 0.283 e. The molecule has 0 saturated carbocycles. The van der Waals surface area contributed by atoms with Gasteiger partial charge >= 0.3 is 0 Å². The van der Waals surface area contributed by atoms with Crippen LogP contribution in [0.2, 0.25) is 0 Å². The molecular weight excluding hydrogens is 442 g/mol. The van der Waals surface area contributed by atoms with Gasteiger partial charge in [-0.3, -0.25) is 9.69 Å². The van der Waals surface area contributed by atoms with Crippen molar-refractivity contribution in [2.45, 2.75) is 39.7 Å². The van der Waals surface area contributed by atoms with E-state index in [0.29, 0.717) is 55.1 Å². The van der Waals surface area contributed by atoms with Crippen molar-refractivity contribution in [3.63, 3.8) is 0 Å². The van der Waals surface area contributed by atoms with Crippen LogP contribution in [-0.4, -0.2) is 55.0 Å². The molecule has 2 aromatic rings. The SMILES string of the molecule is CC(C)CCn1c(=O)c(C2=NS(=O)(=O)C3=C(CCN(CCCN)C3)N2)c(O)c2ccccc21. The van der Waals surface area contributed by atoms with Gasteiger partial charge in [0.05, 0.1) is 5.52 Å². The van der Waals surface area contributed by atoms with Crippen LogP contribution in [0, 0.1) is 5.92 Å². The summed E-state index contributed by atoms with van der Waals surface area (Å²) in [4.78, 5) is 15.8. The van der Waals surface area contributed by atoms with Crippen LogP contribution in [0.5, 0.6) is 5.75 Å². The number of rotatable bonds is 7. The van der Waals surface area contributed by atoms with Gasteiger partial charge in [-0.1, -0.05) is 26.0 Å². The van der Waals surface area contributed by atoms with Crippen LogP contribution in [0.15, 0.2) is 44.1 Å². The number of benzene rings is 1. The molecule has 10 heteroatoms. The number of hydrogen-bond donors (Lipinski definition) is 3. The van der Waals surface area contributed by atoms with E-state index in [4.69, 9.17) is 5.73 Å². The third-order valence-electron chi connectivity index (χ3n) is 6.17. The highest BCUT2D eigenvalue weighted by atomic mass is 32.2. The van der Waals surface area contributed by atoms with Gasteiger partial charge in [0.2, 0.25) is 0 Å². The largest absolute Gasteiger partial charge is 0.506 e. The minimum atomic E-state index is -3.99. The Morgan fingerprint density at radius 2 is 2.00 bits per heavy atom. The number of aryl methyl sites for hydroxylation is 1. The van der Waals surface area contributed by atoms with Crippen molar-refractivity contribution in [1.82, 2.24) is 14.8 Å². The molecule has 0 saturated heterocycles. The summed E-state index contributed by atoms with van der Waals surface area (Å²) >= 11 is 0. The molecule has 3 heterocycles. The first-order valence-corrected chi connectivity index (χ1v) is 12.8. The van der Waals surface area contributed by atoms with Crippen molar-refractivity contribution < 1.29 is 13.5 Å². The normalized spacial score (nSPS) is 18.4. The molecule has 33 heavy (non-hydrogen) atoms. The van der Waals surface area contributed by atoms with E-state index in [-0.39, 0.29) is 28.6 Å². The van der Waals surface area contributed by atoms with E-state index >= 15 is 0 Å². The Bertz CT molecular complexity index is 1290. The standard InChI is InChI=1S/C23H31N5O4S/c1-15(2)8-13-28-18-7-4-3-6-16(18)21(29)20(23(28)30)22-25-17-9-12-27(11-5-10-24)14-19(17)33(31,32)26-22/h3-4,6-7,15,29H,5,8-14,24H2,1-2H3,(H,25,26). The van der Waals surface area contributed by atoms with Crippen molar-refractivity contribution in [2.75, 3.05) is 26.2 Å². The lowest BCUT2D eigenvalue weighted by atomic mass is 10.1. The third-order valence-corrected chi connectivity index (χ3v) is 7.59. The lowest BCUT2D eigenvalue weighted by molar-refractivity contribution is 0.285. The van der Waals surface area contributed by atoms with Gasteiger partial charge in [0.15, 0.2) is 5.84 Å². The summed E-state index contributed by atoms with van der Waals surface area (Å²) in [6, 6.07) is 7.08. The molecule has 1 aromatic heterocycles. The molecule has 2 aliphatic heterocycles. The van der Waals surface area contributed by atoms with Crippen molar-refractivity contribution in [2.24, 2.45) is 16.0 Å². The van der Waals surface area contributed by atoms with E-state index in [9.17, 15) is 18.3 Å². The van der Waals surface area contributed by atoms with E-state index in [1.54, 1.807) is 22.8 Å². The average molecular weight is 474 g/mol.